The maximum absolute atomic E-state index is 13.8. The first-order valence-corrected chi connectivity index (χ1v) is 12.1. The van der Waals surface area contributed by atoms with E-state index in [2.05, 4.69) is 29.8 Å². The third-order valence-electron chi connectivity index (χ3n) is 5.94. The summed E-state index contributed by atoms with van der Waals surface area (Å²) in [5.74, 6) is 1.18. The number of halogens is 1. The van der Waals surface area contributed by atoms with Crippen LogP contribution < -0.4 is 19.8 Å². The number of amides is 1. The molecule has 0 saturated carbocycles. The van der Waals surface area contributed by atoms with Crippen LogP contribution in [0.1, 0.15) is 41.6 Å². The molecule has 1 atom stereocenters. The van der Waals surface area contributed by atoms with E-state index in [1.807, 2.05) is 48.5 Å². The molecule has 0 aliphatic carbocycles. The summed E-state index contributed by atoms with van der Waals surface area (Å²) in [6, 6.07) is 19.3. The van der Waals surface area contributed by atoms with Gasteiger partial charge >= 0.3 is 0 Å². The molecular formula is C28H24BrNO5. The largest absolute Gasteiger partial charge is 0.493 e. The lowest BCUT2D eigenvalue weighted by atomic mass is 9.97. The number of fused-ring (bicyclic) bond motifs is 2. The molecule has 1 aliphatic heterocycles. The van der Waals surface area contributed by atoms with E-state index < -0.39 is 6.04 Å². The fraction of sp³-hybridized carbons (Fsp3) is 0.214. The molecule has 0 fully saturated rings. The van der Waals surface area contributed by atoms with E-state index in [-0.39, 0.29) is 17.1 Å². The number of nitrogens with zero attached hydrogens (tertiary/aromatic N) is 1. The average molecular weight is 534 g/mol. The lowest BCUT2D eigenvalue weighted by Crippen LogP contribution is -2.29. The van der Waals surface area contributed by atoms with Gasteiger partial charge in [0.15, 0.2) is 16.9 Å². The maximum atomic E-state index is 13.8. The summed E-state index contributed by atoms with van der Waals surface area (Å²) in [6.07, 6.45) is 0. The molecule has 0 bridgehead atoms. The van der Waals surface area contributed by atoms with Crippen LogP contribution in [0.2, 0.25) is 0 Å². The maximum Gasteiger partial charge on any atom is 0.295 e. The third-order valence-corrected chi connectivity index (χ3v) is 6.44. The smallest absolute Gasteiger partial charge is 0.295 e. The summed E-state index contributed by atoms with van der Waals surface area (Å²) in [6.45, 7) is 4.68. The summed E-state index contributed by atoms with van der Waals surface area (Å²) >= 11 is 3.43. The van der Waals surface area contributed by atoms with Gasteiger partial charge in [-0.15, -0.1) is 0 Å². The second-order valence-corrected chi connectivity index (χ2v) is 9.76. The first kappa shape index (κ1) is 23.2. The molecule has 7 heteroatoms. The van der Waals surface area contributed by atoms with Crippen molar-refractivity contribution in [3.05, 3.63) is 98.3 Å². The van der Waals surface area contributed by atoms with Crippen molar-refractivity contribution in [3.63, 3.8) is 0 Å². The van der Waals surface area contributed by atoms with Crippen molar-refractivity contribution in [2.24, 2.45) is 5.92 Å². The number of anilines is 1. The Hall–Kier alpha value is -3.58. The first-order valence-electron chi connectivity index (χ1n) is 11.3. The van der Waals surface area contributed by atoms with Crippen LogP contribution in [0.25, 0.3) is 11.0 Å². The molecule has 1 amide bonds. The minimum atomic E-state index is -0.687. The van der Waals surface area contributed by atoms with Gasteiger partial charge in [0.2, 0.25) is 5.76 Å². The van der Waals surface area contributed by atoms with Crippen molar-refractivity contribution in [2.45, 2.75) is 19.9 Å². The second-order valence-electron chi connectivity index (χ2n) is 8.84. The van der Waals surface area contributed by atoms with Crippen LogP contribution in [0.15, 0.2) is 80.4 Å². The molecule has 6 nitrogen and oxygen atoms in total. The summed E-state index contributed by atoms with van der Waals surface area (Å²) in [5, 5.41) is 0.412. The van der Waals surface area contributed by atoms with Crippen molar-refractivity contribution in [3.8, 4) is 11.5 Å². The Morgan fingerprint density at radius 3 is 2.49 bits per heavy atom. The number of para-hydroxylation sites is 1. The fourth-order valence-electron chi connectivity index (χ4n) is 4.35. The minimum Gasteiger partial charge on any atom is -0.493 e. The van der Waals surface area contributed by atoms with Gasteiger partial charge in [-0.3, -0.25) is 14.5 Å². The van der Waals surface area contributed by atoms with Crippen LogP contribution in [-0.4, -0.2) is 19.6 Å². The normalized spacial score (nSPS) is 15.1. The van der Waals surface area contributed by atoms with Gasteiger partial charge in [-0.05, 0) is 53.9 Å². The zero-order valence-electron chi connectivity index (χ0n) is 19.6. The molecular weight excluding hydrogens is 510 g/mol. The quantitative estimate of drug-likeness (QED) is 0.289. The second kappa shape index (κ2) is 9.23. The molecule has 178 valence electrons. The summed E-state index contributed by atoms with van der Waals surface area (Å²) < 4.78 is 18.3. The SMILES string of the molecule is COc1cc(C2c3c(oc4ccc(Br)cc4c3=O)C(=O)N2c2ccccc2)ccc1OCC(C)C. The highest BCUT2D eigenvalue weighted by atomic mass is 79.9. The van der Waals surface area contributed by atoms with Crippen LogP contribution >= 0.6 is 15.9 Å². The van der Waals surface area contributed by atoms with E-state index in [0.29, 0.717) is 46.2 Å². The van der Waals surface area contributed by atoms with Gasteiger partial charge < -0.3 is 13.9 Å². The van der Waals surface area contributed by atoms with Crippen LogP contribution in [0.5, 0.6) is 11.5 Å². The van der Waals surface area contributed by atoms with Gasteiger partial charge in [0.05, 0.1) is 30.7 Å². The summed E-state index contributed by atoms with van der Waals surface area (Å²) in [7, 11) is 1.57. The Bertz CT molecular complexity index is 1480. The third kappa shape index (κ3) is 4.10. The van der Waals surface area contributed by atoms with Crippen LogP contribution in [0.4, 0.5) is 5.69 Å². The van der Waals surface area contributed by atoms with Crippen LogP contribution in [0, 0.1) is 5.92 Å². The molecule has 0 radical (unpaired) electrons. The zero-order chi connectivity index (χ0) is 24.7. The molecule has 1 aliphatic rings. The standard InChI is InChI=1S/C28H24BrNO5/c1-16(2)15-34-22-11-9-17(13-23(22)33-3)25-24-26(31)20-14-18(29)10-12-21(20)35-27(24)28(32)30(25)19-7-5-4-6-8-19/h4-14,16,25H,15H2,1-3H3. The number of benzene rings is 3. The molecule has 35 heavy (non-hydrogen) atoms. The summed E-state index contributed by atoms with van der Waals surface area (Å²) in [5.41, 5.74) is 1.82. The molecule has 0 saturated heterocycles. The minimum absolute atomic E-state index is 0.0535. The topological polar surface area (TPSA) is 69.0 Å². The lowest BCUT2D eigenvalue weighted by molar-refractivity contribution is 0.0971. The highest BCUT2D eigenvalue weighted by molar-refractivity contribution is 9.10. The van der Waals surface area contributed by atoms with E-state index >= 15 is 0 Å². The van der Waals surface area contributed by atoms with E-state index in [0.717, 1.165) is 10.0 Å². The van der Waals surface area contributed by atoms with Gasteiger partial charge in [0.25, 0.3) is 5.91 Å². The molecule has 0 N–H and O–H groups in total. The fourth-order valence-corrected chi connectivity index (χ4v) is 4.71. The average Bonchev–Trinajstić information content (AvgIpc) is 3.16. The predicted molar refractivity (Wildman–Crippen MR) is 139 cm³/mol. The van der Waals surface area contributed by atoms with E-state index in [4.69, 9.17) is 13.9 Å². The van der Waals surface area contributed by atoms with Crippen LogP contribution in [-0.2, 0) is 0 Å². The number of rotatable bonds is 6. The number of methoxy groups -OCH3 is 1. The van der Waals surface area contributed by atoms with E-state index in [1.54, 1.807) is 30.2 Å². The Morgan fingerprint density at radius 1 is 1.00 bits per heavy atom. The highest BCUT2D eigenvalue weighted by Crippen LogP contribution is 2.43. The van der Waals surface area contributed by atoms with Gasteiger partial charge in [-0.25, -0.2) is 0 Å². The van der Waals surface area contributed by atoms with Gasteiger partial charge in [-0.1, -0.05) is 54.0 Å². The zero-order valence-corrected chi connectivity index (χ0v) is 21.2. The molecule has 1 aromatic heterocycles. The first-order chi connectivity index (χ1) is 16.9. The van der Waals surface area contributed by atoms with Gasteiger partial charge in [0.1, 0.15) is 5.58 Å². The number of carbonyl (C=O) groups is 1. The van der Waals surface area contributed by atoms with E-state index in [9.17, 15) is 9.59 Å². The van der Waals surface area contributed by atoms with Crippen molar-refractivity contribution >= 4 is 38.5 Å². The van der Waals surface area contributed by atoms with Crippen LogP contribution in [0.3, 0.4) is 0 Å². The molecule has 5 rings (SSSR count). The number of ether oxygens (including phenoxy) is 2. The lowest BCUT2D eigenvalue weighted by Gasteiger charge is -2.26. The number of hydrogen-bond acceptors (Lipinski definition) is 5. The molecule has 0 spiro atoms. The van der Waals surface area contributed by atoms with Crippen molar-refractivity contribution in [1.29, 1.82) is 0 Å². The van der Waals surface area contributed by atoms with Crippen molar-refractivity contribution in [2.75, 3.05) is 18.6 Å². The van der Waals surface area contributed by atoms with E-state index in [1.165, 1.54) is 0 Å². The Kier molecular flexibility index (Phi) is 6.11. The molecule has 1 unspecified atom stereocenters. The number of hydrogen-bond donors (Lipinski definition) is 0. The Morgan fingerprint density at radius 2 is 1.77 bits per heavy atom. The van der Waals surface area contributed by atoms with Gasteiger partial charge in [0, 0.05) is 10.2 Å². The van der Waals surface area contributed by atoms with Crippen molar-refractivity contribution < 1.29 is 18.7 Å². The molecule has 4 aromatic rings. The van der Waals surface area contributed by atoms with Gasteiger partial charge in [-0.2, -0.15) is 0 Å². The summed E-state index contributed by atoms with van der Waals surface area (Å²) in [4.78, 5) is 29.0. The Balaban J connectivity index is 1.73. The Labute approximate surface area is 211 Å². The monoisotopic (exact) mass is 533 g/mol. The predicted octanol–water partition coefficient (Wildman–Crippen LogP) is 6.35. The van der Waals surface area contributed by atoms with Crippen molar-refractivity contribution in [1.82, 2.24) is 0 Å². The molecule has 2 heterocycles. The molecule has 3 aromatic carbocycles. The number of carbonyl (C=O) groups excluding carboxylic acids is 1. The highest BCUT2D eigenvalue weighted by Gasteiger charge is 2.43.